The summed E-state index contributed by atoms with van der Waals surface area (Å²) in [6, 6.07) is 0. The fourth-order valence-corrected chi connectivity index (χ4v) is 2.00. The molecule has 0 bridgehead atoms. The molecular weight excluding hydrogens is 160 g/mol. The number of methoxy groups -OCH3 is 1. The molecule has 0 amide bonds. The van der Waals surface area contributed by atoms with E-state index in [4.69, 9.17) is 4.74 Å². The molecule has 13 heavy (non-hydrogen) atoms. The Bertz CT molecular complexity index is 176. The summed E-state index contributed by atoms with van der Waals surface area (Å²) in [6.07, 6.45) is 8.69. The molecule has 0 fully saturated rings. The van der Waals surface area contributed by atoms with Gasteiger partial charge in [0.1, 0.15) is 0 Å². The molecule has 1 heteroatoms. The molecule has 0 saturated heterocycles. The van der Waals surface area contributed by atoms with Crippen LogP contribution in [0.3, 0.4) is 0 Å². The maximum atomic E-state index is 5.28. The predicted molar refractivity (Wildman–Crippen MR) is 56.7 cm³/mol. The van der Waals surface area contributed by atoms with Gasteiger partial charge in [0.15, 0.2) is 0 Å². The minimum atomic E-state index is 0.371. The van der Waals surface area contributed by atoms with Crippen molar-refractivity contribution < 1.29 is 4.74 Å². The van der Waals surface area contributed by atoms with Crippen LogP contribution in [-0.4, -0.2) is 13.2 Å². The van der Waals surface area contributed by atoms with Crippen molar-refractivity contribution in [2.45, 2.75) is 46.1 Å². The summed E-state index contributed by atoms with van der Waals surface area (Å²) in [4.78, 5) is 0. The highest BCUT2D eigenvalue weighted by atomic mass is 16.5. The third kappa shape index (κ3) is 3.95. The van der Waals surface area contributed by atoms with Crippen molar-refractivity contribution in [1.29, 1.82) is 0 Å². The van der Waals surface area contributed by atoms with Crippen molar-refractivity contribution in [2.75, 3.05) is 7.11 Å². The second kappa shape index (κ2) is 4.28. The first-order chi connectivity index (χ1) is 6.01. The molecule has 0 aromatic heterocycles. The zero-order chi connectivity index (χ0) is 9.90. The van der Waals surface area contributed by atoms with E-state index in [-0.39, 0.29) is 0 Å². The Morgan fingerprint density at radius 3 is 2.31 bits per heavy atom. The van der Waals surface area contributed by atoms with Crippen molar-refractivity contribution in [1.82, 2.24) is 0 Å². The van der Waals surface area contributed by atoms with Crippen LogP contribution in [0, 0.1) is 11.3 Å². The van der Waals surface area contributed by atoms with Gasteiger partial charge in [-0.15, -0.1) is 0 Å². The lowest BCUT2D eigenvalue weighted by atomic mass is 9.80. The van der Waals surface area contributed by atoms with E-state index in [9.17, 15) is 0 Å². The molecule has 2 atom stereocenters. The Morgan fingerprint density at radius 2 is 1.92 bits per heavy atom. The average Bonchev–Trinajstić information content (AvgIpc) is 2.03. The predicted octanol–water partition coefficient (Wildman–Crippen LogP) is 3.40. The van der Waals surface area contributed by atoms with E-state index in [1.54, 1.807) is 7.11 Å². The molecule has 76 valence electrons. The fourth-order valence-electron chi connectivity index (χ4n) is 2.00. The lowest BCUT2D eigenvalue weighted by Gasteiger charge is -2.27. The number of hydrogen-bond donors (Lipinski definition) is 0. The van der Waals surface area contributed by atoms with Crippen LogP contribution >= 0.6 is 0 Å². The standard InChI is InChI=1S/C12H22O/c1-12(2,3)9-10-5-7-11(13-4)8-6-10/h5,7,10-11H,6,8-9H2,1-4H3/t10-,11+/m0/s1. The third-order valence-electron chi connectivity index (χ3n) is 2.60. The minimum Gasteiger partial charge on any atom is -0.377 e. The van der Waals surface area contributed by atoms with Gasteiger partial charge >= 0.3 is 0 Å². The molecule has 0 aromatic carbocycles. The SMILES string of the molecule is CO[C@@H]1C=C[C@H](CC(C)(C)C)CC1. The minimum absolute atomic E-state index is 0.371. The lowest BCUT2D eigenvalue weighted by molar-refractivity contribution is 0.118. The van der Waals surface area contributed by atoms with Crippen molar-refractivity contribution in [3.63, 3.8) is 0 Å². The van der Waals surface area contributed by atoms with Crippen LogP contribution in [0.25, 0.3) is 0 Å². The van der Waals surface area contributed by atoms with Gasteiger partial charge < -0.3 is 4.74 Å². The summed E-state index contributed by atoms with van der Waals surface area (Å²) < 4.78 is 5.28. The van der Waals surface area contributed by atoms with Gasteiger partial charge in [0.2, 0.25) is 0 Å². The van der Waals surface area contributed by atoms with Crippen molar-refractivity contribution in [3.05, 3.63) is 12.2 Å². The molecule has 0 aromatic rings. The summed E-state index contributed by atoms with van der Waals surface area (Å²) >= 11 is 0. The van der Waals surface area contributed by atoms with E-state index in [2.05, 4.69) is 32.9 Å². The van der Waals surface area contributed by atoms with E-state index in [1.807, 2.05) is 0 Å². The Kier molecular flexibility index (Phi) is 3.55. The second-order valence-corrected chi connectivity index (χ2v) is 5.26. The van der Waals surface area contributed by atoms with E-state index in [0.29, 0.717) is 11.5 Å². The van der Waals surface area contributed by atoms with Gasteiger partial charge in [0.25, 0.3) is 0 Å². The van der Waals surface area contributed by atoms with Crippen molar-refractivity contribution in [3.8, 4) is 0 Å². The number of rotatable bonds is 2. The number of allylic oxidation sites excluding steroid dienone is 1. The van der Waals surface area contributed by atoms with Crippen LogP contribution in [-0.2, 0) is 4.74 Å². The number of hydrogen-bond acceptors (Lipinski definition) is 1. The molecule has 0 saturated carbocycles. The van der Waals surface area contributed by atoms with E-state index in [0.717, 1.165) is 5.92 Å². The van der Waals surface area contributed by atoms with E-state index in [1.165, 1.54) is 19.3 Å². The van der Waals surface area contributed by atoms with Crippen molar-refractivity contribution >= 4 is 0 Å². The largest absolute Gasteiger partial charge is 0.377 e. The molecule has 0 radical (unpaired) electrons. The van der Waals surface area contributed by atoms with Crippen LogP contribution in [0.1, 0.15) is 40.0 Å². The fraction of sp³-hybridized carbons (Fsp3) is 0.833. The van der Waals surface area contributed by atoms with Crippen LogP contribution in [0.2, 0.25) is 0 Å². The van der Waals surface area contributed by atoms with E-state index >= 15 is 0 Å². The third-order valence-corrected chi connectivity index (χ3v) is 2.60. The quantitative estimate of drug-likeness (QED) is 0.595. The summed E-state index contributed by atoms with van der Waals surface area (Å²) in [5.41, 5.74) is 0.453. The normalized spacial score (nSPS) is 29.2. The molecule has 0 N–H and O–H groups in total. The zero-order valence-corrected chi connectivity index (χ0v) is 9.34. The molecule has 0 unspecified atom stereocenters. The van der Waals surface area contributed by atoms with E-state index < -0.39 is 0 Å². The smallest absolute Gasteiger partial charge is 0.0752 e. The van der Waals surface area contributed by atoms with Gasteiger partial charge in [-0.2, -0.15) is 0 Å². The Hall–Kier alpha value is -0.300. The van der Waals surface area contributed by atoms with Gasteiger partial charge in [0.05, 0.1) is 6.10 Å². The molecule has 0 heterocycles. The second-order valence-electron chi connectivity index (χ2n) is 5.26. The first-order valence-corrected chi connectivity index (χ1v) is 5.22. The zero-order valence-electron chi connectivity index (χ0n) is 9.34. The van der Waals surface area contributed by atoms with Crippen LogP contribution < -0.4 is 0 Å². The van der Waals surface area contributed by atoms with Crippen molar-refractivity contribution in [2.24, 2.45) is 11.3 Å². The summed E-state index contributed by atoms with van der Waals surface area (Å²) in [5.74, 6) is 0.770. The maximum Gasteiger partial charge on any atom is 0.0752 e. The highest BCUT2D eigenvalue weighted by Gasteiger charge is 2.20. The summed E-state index contributed by atoms with van der Waals surface area (Å²) in [7, 11) is 1.79. The van der Waals surface area contributed by atoms with Gasteiger partial charge in [0, 0.05) is 7.11 Å². The summed E-state index contributed by atoms with van der Waals surface area (Å²) in [5, 5.41) is 0. The first kappa shape index (κ1) is 10.8. The molecule has 1 rings (SSSR count). The maximum absolute atomic E-state index is 5.28. The first-order valence-electron chi connectivity index (χ1n) is 5.22. The van der Waals surface area contributed by atoms with Crippen LogP contribution in [0.5, 0.6) is 0 Å². The van der Waals surface area contributed by atoms with Gasteiger partial charge in [-0.3, -0.25) is 0 Å². The Morgan fingerprint density at radius 1 is 1.23 bits per heavy atom. The molecular formula is C12H22O. The molecule has 1 nitrogen and oxygen atoms in total. The summed E-state index contributed by atoms with van der Waals surface area (Å²) in [6.45, 7) is 6.93. The highest BCUT2D eigenvalue weighted by Crippen LogP contribution is 2.31. The monoisotopic (exact) mass is 182 g/mol. The Balaban J connectivity index is 2.40. The Labute approximate surface area is 82.2 Å². The molecule has 1 aliphatic rings. The topological polar surface area (TPSA) is 9.23 Å². The number of ether oxygens (including phenoxy) is 1. The average molecular weight is 182 g/mol. The molecule has 0 aliphatic heterocycles. The van der Waals surface area contributed by atoms with Gasteiger partial charge in [-0.25, -0.2) is 0 Å². The lowest BCUT2D eigenvalue weighted by Crippen LogP contribution is -2.19. The van der Waals surface area contributed by atoms with Crippen LogP contribution in [0.15, 0.2) is 12.2 Å². The van der Waals surface area contributed by atoms with Gasteiger partial charge in [-0.1, -0.05) is 32.9 Å². The van der Waals surface area contributed by atoms with Gasteiger partial charge in [-0.05, 0) is 30.6 Å². The highest BCUT2D eigenvalue weighted by molar-refractivity contribution is 4.99. The molecule has 0 spiro atoms. The molecule has 1 aliphatic carbocycles. The van der Waals surface area contributed by atoms with Crippen LogP contribution in [0.4, 0.5) is 0 Å².